The first-order chi connectivity index (χ1) is 10.9. The fraction of sp³-hybridized carbons (Fsp3) is 0.188. The number of hydrogen-bond donors (Lipinski definition) is 2. The lowest BCUT2D eigenvalue weighted by molar-refractivity contribution is -0.114. The van der Waals surface area contributed by atoms with Crippen LogP contribution >= 0.6 is 15.9 Å². The van der Waals surface area contributed by atoms with Crippen LogP contribution in [0.4, 0.5) is 20.2 Å². The Kier molecular flexibility index (Phi) is 5.92. The number of anilines is 2. The molecule has 0 saturated carbocycles. The van der Waals surface area contributed by atoms with Gasteiger partial charge in [-0.1, -0.05) is 15.9 Å². The third-order valence-electron chi connectivity index (χ3n) is 2.97. The Morgan fingerprint density at radius 3 is 2.43 bits per heavy atom. The number of hydrogen-bond acceptors (Lipinski definition) is 3. The molecule has 0 unspecified atom stereocenters. The molecule has 0 radical (unpaired) electrons. The van der Waals surface area contributed by atoms with Crippen molar-refractivity contribution in [2.45, 2.75) is 13.5 Å². The number of benzene rings is 2. The summed E-state index contributed by atoms with van der Waals surface area (Å²) in [7, 11) is 0. The van der Waals surface area contributed by atoms with Crippen molar-refractivity contribution >= 4 is 33.2 Å². The van der Waals surface area contributed by atoms with Crippen molar-refractivity contribution in [2.75, 3.05) is 17.2 Å². The molecule has 0 heterocycles. The van der Waals surface area contributed by atoms with E-state index in [0.29, 0.717) is 5.69 Å². The van der Waals surface area contributed by atoms with Gasteiger partial charge < -0.3 is 15.4 Å². The minimum Gasteiger partial charge on any atom is -0.435 e. The number of carbonyl (C=O) groups is 1. The van der Waals surface area contributed by atoms with Crippen LogP contribution in [0.5, 0.6) is 5.75 Å². The zero-order valence-corrected chi connectivity index (χ0v) is 13.9. The van der Waals surface area contributed by atoms with Gasteiger partial charge in [0.05, 0.1) is 6.54 Å². The second-order valence-electron chi connectivity index (χ2n) is 4.77. The molecule has 0 saturated heterocycles. The molecule has 2 N–H and O–H groups in total. The summed E-state index contributed by atoms with van der Waals surface area (Å²) in [4.78, 5) is 11.9. The first-order valence-corrected chi connectivity index (χ1v) is 7.58. The number of halogens is 3. The van der Waals surface area contributed by atoms with Gasteiger partial charge in [-0.05, 0) is 55.0 Å². The van der Waals surface area contributed by atoms with Crippen LogP contribution in [0, 0.1) is 6.92 Å². The molecule has 0 aromatic heterocycles. The Morgan fingerprint density at radius 2 is 1.83 bits per heavy atom. The third kappa shape index (κ3) is 5.52. The van der Waals surface area contributed by atoms with Crippen LogP contribution in [-0.4, -0.2) is 19.1 Å². The summed E-state index contributed by atoms with van der Waals surface area (Å²) in [6.45, 7) is -0.816. The van der Waals surface area contributed by atoms with E-state index in [1.807, 2.05) is 25.1 Å². The largest absolute Gasteiger partial charge is 0.435 e. The quantitative estimate of drug-likeness (QED) is 0.775. The molecule has 0 aliphatic heterocycles. The highest BCUT2D eigenvalue weighted by Gasteiger charge is 2.06. The average molecular weight is 385 g/mol. The van der Waals surface area contributed by atoms with Crippen molar-refractivity contribution in [1.29, 1.82) is 0 Å². The summed E-state index contributed by atoms with van der Waals surface area (Å²) in [5, 5.41) is 5.68. The summed E-state index contributed by atoms with van der Waals surface area (Å²) in [5.41, 5.74) is 2.40. The lowest BCUT2D eigenvalue weighted by atomic mass is 10.2. The highest BCUT2D eigenvalue weighted by atomic mass is 79.9. The molecule has 0 aliphatic rings. The Balaban J connectivity index is 1.85. The summed E-state index contributed by atoms with van der Waals surface area (Å²) in [6, 6.07) is 11.4. The fourth-order valence-corrected chi connectivity index (χ4v) is 2.11. The van der Waals surface area contributed by atoms with Crippen LogP contribution in [-0.2, 0) is 4.79 Å². The Labute approximate surface area is 141 Å². The molecule has 2 aromatic rings. The molecule has 2 aromatic carbocycles. The van der Waals surface area contributed by atoms with E-state index in [9.17, 15) is 13.6 Å². The number of alkyl halides is 2. The Morgan fingerprint density at radius 1 is 1.17 bits per heavy atom. The molecular weight excluding hydrogens is 370 g/mol. The van der Waals surface area contributed by atoms with E-state index in [1.165, 1.54) is 24.3 Å². The lowest BCUT2D eigenvalue weighted by Gasteiger charge is -2.10. The number of ether oxygens (including phenoxy) is 1. The number of carbonyl (C=O) groups excluding carboxylic acids is 1. The van der Waals surface area contributed by atoms with Crippen molar-refractivity contribution in [1.82, 2.24) is 0 Å². The molecule has 23 heavy (non-hydrogen) atoms. The molecule has 4 nitrogen and oxygen atoms in total. The molecule has 0 spiro atoms. The average Bonchev–Trinajstić information content (AvgIpc) is 2.50. The van der Waals surface area contributed by atoms with Gasteiger partial charge in [0.25, 0.3) is 0 Å². The molecule has 122 valence electrons. The van der Waals surface area contributed by atoms with Crippen LogP contribution in [0.2, 0.25) is 0 Å². The van der Waals surface area contributed by atoms with Gasteiger partial charge >= 0.3 is 6.61 Å². The molecule has 0 aliphatic carbocycles. The highest BCUT2D eigenvalue weighted by Crippen LogP contribution is 2.20. The third-order valence-corrected chi connectivity index (χ3v) is 3.86. The van der Waals surface area contributed by atoms with Gasteiger partial charge in [0, 0.05) is 15.8 Å². The van der Waals surface area contributed by atoms with Gasteiger partial charge in [-0.15, -0.1) is 0 Å². The van der Waals surface area contributed by atoms with Gasteiger partial charge in [0.2, 0.25) is 5.91 Å². The fourth-order valence-electron chi connectivity index (χ4n) is 1.86. The summed E-state index contributed by atoms with van der Waals surface area (Å²) in [6.07, 6.45) is 0. The summed E-state index contributed by atoms with van der Waals surface area (Å²) >= 11 is 3.41. The zero-order valence-electron chi connectivity index (χ0n) is 12.3. The van der Waals surface area contributed by atoms with E-state index in [-0.39, 0.29) is 18.2 Å². The molecule has 0 bridgehead atoms. The first kappa shape index (κ1) is 17.2. The standard InChI is InChI=1S/C16H15BrF2N2O2/c1-10-8-12(4-7-14(10)17)20-9-15(22)21-11-2-5-13(6-3-11)23-16(18)19/h2-8,16,20H,9H2,1H3,(H,21,22). The van der Waals surface area contributed by atoms with E-state index in [1.54, 1.807) is 0 Å². The molecule has 0 atom stereocenters. The van der Waals surface area contributed by atoms with Gasteiger partial charge in [0.1, 0.15) is 5.75 Å². The van der Waals surface area contributed by atoms with Gasteiger partial charge in [-0.2, -0.15) is 8.78 Å². The van der Waals surface area contributed by atoms with Crippen LogP contribution in [0.1, 0.15) is 5.56 Å². The van der Waals surface area contributed by atoms with Crippen molar-refractivity contribution in [3.8, 4) is 5.75 Å². The van der Waals surface area contributed by atoms with E-state index in [0.717, 1.165) is 15.7 Å². The lowest BCUT2D eigenvalue weighted by Crippen LogP contribution is -2.21. The SMILES string of the molecule is Cc1cc(NCC(=O)Nc2ccc(OC(F)F)cc2)ccc1Br. The Hall–Kier alpha value is -2.15. The monoisotopic (exact) mass is 384 g/mol. The molecule has 0 fully saturated rings. The smallest absolute Gasteiger partial charge is 0.387 e. The predicted molar refractivity (Wildman–Crippen MR) is 89.1 cm³/mol. The summed E-state index contributed by atoms with van der Waals surface area (Å²) < 4.78 is 29.3. The van der Waals surface area contributed by atoms with Crippen molar-refractivity contribution in [3.05, 3.63) is 52.5 Å². The molecular formula is C16H15BrF2N2O2. The maximum atomic E-state index is 12.0. The van der Waals surface area contributed by atoms with Crippen LogP contribution < -0.4 is 15.4 Å². The molecule has 7 heteroatoms. The topological polar surface area (TPSA) is 50.4 Å². The van der Waals surface area contributed by atoms with Crippen molar-refractivity contribution < 1.29 is 18.3 Å². The van der Waals surface area contributed by atoms with Crippen LogP contribution in [0.25, 0.3) is 0 Å². The number of rotatable bonds is 6. The first-order valence-electron chi connectivity index (χ1n) is 6.79. The maximum absolute atomic E-state index is 12.0. The minimum atomic E-state index is -2.87. The van der Waals surface area contributed by atoms with Crippen molar-refractivity contribution in [2.24, 2.45) is 0 Å². The van der Waals surface area contributed by atoms with Crippen molar-refractivity contribution in [3.63, 3.8) is 0 Å². The van der Waals surface area contributed by atoms with E-state index in [4.69, 9.17) is 0 Å². The maximum Gasteiger partial charge on any atom is 0.387 e. The van der Waals surface area contributed by atoms with E-state index < -0.39 is 6.61 Å². The van der Waals surface area contributed by atoms with Gasteiger partial charge in [-0.3, -0.25) is 4.79 Å². The zero-order chi connectivity index (χ0) is 16.8. The predicted octanol–water partition coefficient (Wildman–Crippen LogP) is 4.41. The Bertz CT molecular complexity index is 678. The van der Waals surface area contributed by atoms with Gasteiger partial charge in [-0.25, -0.2) is 0 Å². The van der Waals surface area contributed by atoms with Crippen LogP contribution in [0.15, 0.2) is 46.9 Å². The number of aryl methyl sites for hydroxylation is 1. The van der Waals surface area contributed by atoms with E-state index >= 15 is 0 Å². The number of nitrogens with one attached hydrogen (secondary N) is 2. The second kappa shape index (κ2) is 7.92. The van der Waals surface area contributed by atoms with Gasteiger partial charge in [0.15, 0.2) is 0 Å². The minimum absolute atomic E-state index is 0.0430. The molecule has 1 amide bonds. The summed E-state index contributed by atoms with van der Waals surface area (Å²) in [5.74, 6) is -0.199. The van der Waals surface area contributed by atoms with E-state index in [2.05, 4.69) is 31.3 Å². The second-order valence-corrected chi connectivity index (χ2v) is 5.62. The van der Waals surface area contributed by atoms with Crippen LogP contribution in [0.3, 0.4) is 0 Å². The highest BCUT2D eigenvalue weighted by molar-refractivity contribution is 9.10. The normalized spacial score (nSPS) is 10.5. The number of amides is 1. The molecule has 2 rings (SSSR count).